The van der Waals surface area contributed by atoms with E-state index in [4.69, 9.17) is 13.9 Å². The Labute approximate surface area is 233 Å². The summed E-state index contributed by atoms with van der Waals surface area (Å²) in [4.78, 5) is 26.1. The van der Waals surface area contributed by atoms with E-state index in [1.165, 1.54) is 36.7 Å². The molecule has 40 heavy (non-hydrogen) atoms. The molecule has 216 valence electrons. The molecule has 2 unspecified atom stereocenters. The summed E-state index contributed by atoms with van der Waals surface area (Å²) in [6, 6.07) is 11.6. The molecule has 0 saturated carbocycles. The molecule has 0 spiro atoms. The lowest BCUT2D eigenvalue weighted by molar-refractivity contribution is -0.124. The Kier molecular flexibility index (Phi) is 9.33. The van der Waals surface area contributed by atoms with Crippen molar-refractivity contribution in [1.29, 1.82) is 0 Å². The van der Waals surface area contributed by atoms with Crippen LogP contribution in [0.15, 0.2) is 57.8 Å². The lowest BCUT2D eigenvalue weighted by Crippen LogP contribution is -2.53. The fourth-order valence-electron chi connectivity index (χ4n) is 4.78. The summed E-state index contributed by atoms with van der Waals surface area (Å²) in [5, 5.41) is 17.3. The van der Waals surface area contributed by atoms with Crippen molar-refractivity contribution in [1.82, 2.24) is 14.9 Å². The van der Waals surface area contributed by atoms with Crippen LogP contribution in [0.2, 0.25) is 0 Å². The number of hydrogen-bond acceptors (Lipinski definition) is 8. The van der Waals surface area contributed by atoms with Crippen LogP contribution >= 0.6 is 0 Å². The summed E-state index contributed by atoms with van der Waals surface area (Å²) < 4.78 is 44.0. The number of nitrogens with zero attached hydrogens (tertiary/aromatic N) is 1. The van der Waals surface area contributed by atoms with Gasteiger partial charge in [0.25, 0.3) is 5.91 Å². The highest BCUT2D eigenvalue weighted by molar-refractivity contribution is 7.89. The normalized spacial score (nSPS) is 19.0. The van der Waals surface area contributed by atoms with Gasteiger partial charge in [0.05, 0.1) is 31.3 Å². The Hall–Kier alpha value is -3.61. The molecule has 11 nitrogen and oxygen atoms in total. The minimum Gasteiger partial charge on any atom is -0.493 e. The maximum atomic E-state index is 13.4. The minimum absolute atomic E-state index is 0.0103. The second kappa shape index (κ2) is 12.7. The van der Waals surface area contributed by atoms with Crippen LogP contribution in [0.25, 0.3) is 11.0 Å². The number of aliphatic hydroxyl groups excluding tert-OH is 1. The van der Waals surface area contributed by atoms with Gasteiger partial charge >= 0.3 is 0 Å². The molecule has 3 N–H and O–H groups in total. The van der Waals surface area contributed by atoms with Crippen LogP contribution in [0.1, 0.15) is 43.2 Å². The number of sulfonamides is 1. The Balaban J connectivity index is 1.43. The van der Waals surface area contributed by atoms with Crippen LogP contribution in [-0.4, -0.2) is 75.1 Å². The maximum Gasteiger partial charge on any atom is 0.287 e. The highest BCUT2D eigenvalue weighted by atomic mass is 32.2. The number of para-hydroxylation sites is 1. The van der Waals surface area contributed by atoms with Gasteiger partial charge in [-0.15, -0.1) is 0 Å². The largest absolute Gasteiger partial charge is 0.493 e. The number of aliphatic hydroxyl groups is 1. The average molecular weight is 574 g/mol. The Morgan fingerprint density at radius 3 is 2.58 bits per heavy atom. The van der Waals surface area contributed by atoms with E-state index in [2.05, 4.69) is 10.6 Å². The SMILES string of the molecule is CCCC(NC(=O)c1cc2ccccc2o1)C(=O)NC1CCCN(S(=O)(=O)c2ccc(OC)c(OC)c2)C[C@@H]1O. The second-order valence-corrected chi connectivity index (χ2v) is 11.6. The molecule has 2 aromatic carbocycles. The molecular weight excluding hydrogens is 538 g/mol. The molecule has 3 aromatic rings. The first-order valence-electron chi connectivity index (χ1n) is 13.2. The van der Waals surface area contributed by atoms with Crippen LogP contribution in [0.4, 0.5) is 0 Å². The fourth-order valence-corrected chi connectivity index (χ4v) is 6.30. The van der Waals surface area contributed by atoms with Crippen LogP contribution in [0, 0.1) is 0 Å². The first kappa shape index (κ1) is 29.4. The number of β-amino-alcohol motifs (C(OH)–C–C–N with tert-alkyl or cyclic N) is 1. The smallest absolute Gasteiger partial charge is 0.287 e. The van der Waals surface area contributed by atoms with Crippen LogP contribution in [-0.2, 0) is 14.8 Å². The Bertz CT molecular complexity index is 1420. The number of rotatable bonds is 10. The van der Waals surface area contributed by atoms with Gasteiger partial charge in [-0.1, -0.05) is 31.5 Å². The van der Waals surface area contributed by atoms with Crippen molar-refractivity contribution in [3.05, 3.63) is 54.3 Å². The zero-order valence-electron chi connectivity index (χ0n) is 22.8. The molecule has 4 rings (SSSR count). The first-order valence-corrected chi connectivity index (χ1v) is 14.6. The Morgan fingerprint density at radius 2 is 1.88 bits per heavy atom. The number of carbonyl (C=O) groups is 2. The van der Waals surface area contributed by atoms with Crippen LogP contribution in [0.5, 0.6) is 11.5 Å². The van der Waals surface area contributed by atoms with Crippen molar-refractivity contribution in [2.45, 2.75) is 55.7 Å². The van der Waals surface area contributed by atoms with E-state index in [1.54, 1.807) is 18.2 Å². The molecule has 0 aliphatic carbocycles. The van der Waals surface area contributed by atoms with E-state index in [1.807, 2.05) is 19.1 Å². The van der Waals surface area contributed by atoms with E-state index < -0.39 is 40.0 Å². The number of ether oxygens (including phenoxy) is 2. The second-order valence-electron chi connectivity index (χ2n) is 9.67. The van der Waals surface area contributed by atoms with Gasteiger partial charge in [0.15, 0.2) is 17.3 Å². The van der Waals surface area contributed by atoms with E-state index >= 15 is 0 Å². The summed E-state index contributed by atoms with van der Waals surface area (Å²) in [6.07, 6.45) is 0.623. The lowest BCUT2D eigenvalue weighted by Gasteiger charge is -2.27. The Morgan fingerprint density at radius 1 is 1.12 bits per heavy atom. The standard InChI is InChI=1S/C28H35N3O8S/c1-4-8-21(30-28(34)26-15-18-9-5-6-11-23(18)39-26)27(33)29-20-10-7-14-31(17-22(20)32)40(35,36)19-12-13-24(37-2)25(16-19)38-3/h5-6,9,11-13,15-16,20-22,32H,4,7-8,10,14,17H2,1-3H3,(H,29,33)(H,30,34)/t20?,21?,22-/m0/s1. The summed E-state index contributed by atoms with van der Waals surface area (Å²) >= 11 is 0. The molecule has 1 aliphatic heterocycles. The number of hydrogen-bond donors (Lipinski definition) is 3. The summed E-state index contributed by atoms with van der Waals surface area (Å²) in [5.41, 5.74) is 0.568. The maximum absolute atomic E-state index is 13.4. The number of benzene rings is 2. The van der Waals surface area contributed by atoms with Gasteiger partial charge < -0.3 is 29.6 Å². The van der Waals surface area contributed by atoms with Gasteiger partial charge in [-0.2, -0.15) is 4.31 Å². The third-order valence-electron chi connectivity index (χ3n) is 6.95. The molecule has 0 radical (unpaired) electrons. The number of nitrogens with one attached hydrogen (secondary N) is 2. The number of furan rings is 1. The third-order valence-corrected chi connectivity index (χ3v) is 8.81. The number of methoxy groups -OCH3 is 2. The quantitative estimate of drug-likeness (QED) is 0.335. The van der Waals surface area contributed by atoms with Crippen molar-refractivity contribution in [3.8, 4) is 11.5 Å². The van der Waals surface area contributed by atoms with Gasteiger partial charge in [-0.05, 0) is 43.5 Å². The van der Waals surface area contributed by atoms with Gasteiger partial charge in [0.2, 0.25) is 15.9 Å². The highest BCUT2D eigenvalue weighted by Crippen LogP contribution is 2.31. The zero-order chi connectivity index (χ0) is 28.9. The van der Waals surface area contributed by atoms with Crippen LogP contribution < -0.4 is 20.1 Å². The van der Waals surface area contributed by atoms with Crippen molar-refractivity contribution in [2.24, 2.45) is 0 Å². The number of fused-ring (bicyclic) bond motifs is 1. The summed E-state index contributed by atoms with van der Waals surface area (Å²) in [6.45, 7) is 1.86. The van der Waals surface area contributed by atoms with Crippen molar-refractivity contribution in [2.75, 3.05) is 27.3 Å². The predicted molar refractivity (Wildman–Crippen MR) is 148 cm³/mol. The van der Waals surface area contributed by atoms with Gasteiger partial charge in [-0.25, -0.2) is 8.42 Å². The van der Waals surface area contributed by atoms with Gasteiger partial charge in [0, 0.05) is 24.5 Å². The molecule has 12 heteroatoms. The lowest BCUT2D eigenvalue weighted by atomic mass is 10.0. The molecular formula is C28H35N3O8S. The van der Waals surface area contributed by atoms with E-state index in [0.717, 1.165) is 5.39 Å². The molecule has 1 aliphatic rings. The van der Waals surface area contributed by atoms with Crippen LogP contribution in [0.3, 0.4) is 0 Å². The molecule has 2 amide bonds. The van der Waals surface area contributed by atoms with E-state index in [9.17, 15) is 23.1 Å². The molecule has 1 saturated heterocycles. The molecule has 2 heterocycles. The minimum atomic E-state index is -3.95. The summed E-state index contributed by atoms with van der Waals surface area (Å²) in [5.74, 6) is -0.199. The zero-order valence-corrected chi connectivity index (χ0v) is 23.6. The topological polar surface area (TPSA) is 147 Å². The predicted octanol–water partition coefficient (Wildman–Crippen LogP) is 2.68. The fraction of sp³-hybridized carbons (Fsp3) is 0.429. The molecule has 0 bridgehead atoms. The third kappa shape index (κ3) is 6.40. The molecule has 1 aromatic heterocycles. The van der Waals surface area contributed by atoms with Gasteiger partial charge in [0.1, 0.15) is 11.6 Å². The number of amides is 2. The van der Waals surface area contributed by atoms with Crippen molar-refractivity contribution < 1.29 is 37.0 Å². The van der Waals surface area contributed by atoms with Crippen molar-refractivity contribution >= 4 is 32.8 Å². The highest BCUT2D eigenvalue weighted by Gasteiger charge is 2.35. The van der Waals surface area contributed by atoms with Crippen molar-refractivity contribution in [3.63, 3.8) is 0 Å². The number of carbonyl (C=O) groups excluding carboxylic acids is 2. The summed E-state index contributed by atoms with van der Waals surface area (Å²) in [7, 11) is -1.07. The molecule has 1 fully saturated rings. The first-order chi connectivity index (χ1) is 19.2. The average Bonchev–Trinajstić information content (AvgIpc) is 3.31. The van der Waals surface area contributed by atoms with E-state index in [-0.39, 0.29) is 29.5 Å². The van der Waals surface area contributed by atoms with Gasteiger partial charge in [-0.3, -0.25) is 9.59 Å². The monoisotopic (exact) mass is 573 g/mol. The molecule has 3 atom stereocenters. The van der Waals surface area contributed by atoms with E-state index in [0.29, 0.717) is 37.0 Å².